The summed E-state index contributed by atoms with van der Waals surface area (Å²) in [6.45, 7) is 8.11. The first-order valence-electron chi connectivity index (χ1n) is 9.05. The van der Waals surface area contributed by atoms with Crippen molar-refractivity contribution in [3.63, 3.8) is 0 Å². The van der Waals surface area contributed by atoms with Gasteiger partial charge in [0, 0.05) is 44.5 Å². The number of hydrogen-bond acceptors (Lipinski definition) is 5. The number of rotatable bonds is 8. The molecule has 142 valence electrons. The summed E-state index contributed by atoms with van der Waals surface area (Å²) >= 11 is 0. The van der Waals surface area contributed by atoms with Crippen molar-refractivity contribution in [1.82, 2.24) is 9.55 Å². The highest BCUT2D eigenvalue weighted by atomic mass is 28.3. The topological polar surface area (TPSA) is 102 Å². The molecule has 0 amide bonds. The van der Waals surface area contributed by atoms with E-state index in [0.29, 0.717) is 12.4 Å². The molecule has 26 heavy (non-hydrogen) atoms. The standard InChI is InChI=1S/C18H28N4O3Si/c1-26(2,3)7-6-25-11-22-5-4-14-16(21-13-8-12(19)9-13)15(18(23)24)10-20-17(14)22/h4-5,10,12-13H,6-9,11,19H2,1-3H3,(H,20,21)(H,23,24). The van der Waals surface area contributed by atoms with E-state index in [0.717, 1.165) is 36.5 Å². The summed E-state index contributed by atoms with van der Waals surface area (Å²) in [7, 11) is -1.12. The molecule has 3 rings (SSSR count). The second-order valence-electron chi connectivity index (χ2n) is 8.30. The first-order valence-corrected chi connectivity index (χ1v) is 12.8. The van der Waals surface area contributed by atoms with Gasteiger partial charge in [-0.15, -0.1) is 0 Å². The van der Waals surface area contributed by atoms with Crippen LogP contribution in [0.15, 0.2) is 18.5 Å². The maximum absolute atomic E-state index is 11.6. The van der Waals surface area contributed by atoms with Crippen LogP contribution in [-0.2, 0) is 11.5 Å². The number of hydrogen-bond donors (Lipinski definition) is 3. The van der Waals surface area contributed by atoms with Crippen LogP contribution in [0.1, 0.15) is 23.2 Å². The average Bonchev–Trinajstić information content (AvgIpc) is 2.92. The van der Waals surface area contributed by atoms with Crippen molar-refractivity contribution in [3.8, 4) is 0 Å². The fourth-order valence-corrected chi connectivity index (χ4v) is 3.84. The molecule has 2 aromatic rings. The van der Waals surface area contributed by atoms with E-state index in [-0.39, 0.29) is 17.6 Å². The number of nitrogens with one attached hydrogen (secondary N) is 1. The Morgan fingerprint density at radius 1 is 1.46 bits per heavy atom. The van der Waals surface area contributed by atoms with Crippen LogP contribution in [0.2, 0.25) is 25.7 Å². The first-order chi connectivity index (χ1) is 12.2. The third-order valence-electron chi connectivity index (χ3n) is 4.77. The molecule has 0 aliphatic heterocycles. The fourth-order valence-electron chi connectivity index (χ4n) is 3.09. The maximum atomic E-state index is 11.6. The number of aromatic carboxylic acids is 1. The molecule has 8 heteroatoms. The minimum Gasteiger partial charge on any atom is -0.478 e. The molecule has 0 unspecified atom stereocenters. The van der Waals surface area contributed by atoms with E-state index in [1.54, 1.807) is 0 Å². The van der Waals surface area contributed by atoms with Crippen molar-refractivity contribution in [3.05, 3.63) is 24.0 Å². The molecular weight excluding hydrogens is 348 g/mol. The van der Waals surface area contributed by atoms with Crippen LogP contribution in [0.25, 0.3) is 11.0 Å². The zero-order valence-electron chi connectivity index (χ0n) is 15.7. The van der Waals surface area contributed by atoms with Gasteiger partial charge in [0.2, 0.25) is 0 Å². The number of aromatic nitrogens is 2. The van der Waals surface area contributed by atoms with Gasteiger partial charge in [-0.05, 0) is 25.0 Å². The zero-order valence-corrected chi connectivity index (χ0v) is 16.7. The molecule has 0 aromatic carbocycles. The molecule has 1 aliphatic rings. The van der Waals surface area contributed by atoms with Gasteiger partial charge >= 0.3 is 5.97 Å². The highest BCUT2D eigenvalue weighted by Crippen LogP contribution is 2.31. The smallest absolute Gasteiger partial charge is 0.339 e. The summed E-state index contributed by atoms with van der Waals surface area (Å²) in [6, 6.07) is 3.42. The van der Waals surface area contributed by atoms with E-state index in [9.17, 15) is 9.90 Å². The van der Waals surface area contributed by atoms with Crippen LogP contribution >= 0.6 is 0 Å². The zero-order chi connectivity index (χ0) is 18.9. The highest BCUT2D eigenvalue weighted by molar-refractivity contribution is 6.76. The van der Waals surface area contributed by atoms with Gasteiger partial charge in [-0.2, -0.15) is 0 Å². The Balaban J connectivity index is 1.79. The van der Waals surface area contributed by atoms with Crippen LogP contribution in [0, 0.1) is 0 Å². The van der Waals surface area contributed by atoms with Crippen LogP contribution in [0.5, 0.6) is 0 Å². The van der Waals surface area contributed by atoms with Gasteiger partial charge < -0.3 is 25.5 Å². The van der Waals surface area contributed by atoms with Gasteiger partial charge in [0.15, 0.2) is 0 Å². The van der Waals surface area contributed by atoms with Crippen molar-refractivity contribution in [2.75, 3.05) is 11.9 Å². The normalized spacial score (nSPS) is 20.2. The minimum atomic E-state index is -1.12. The van der Waals surface area contributed by atoms with Gasteiger partial charge in [0.05, 0.1) is 5.69 Å². The monoisotopic (exact) mass is 376 g/mol. The highest BCUT2D eigenvalue weighted by Gasteiger charge is 2.28. The Morgan fingerprint density at radius 2 is 2.19 bits per heavy atom. The largest absolute Gasteiger partial charge is 0.478 e. The quantitative estimate of drug-likeness (QED) is 0.483. The van der Waals surface area contributed by atoms with Gasteiger partial charge in [-0.1, -0.05) is 19.6 Å². The van der Waals surface area contributed by atoms with Crippen molar-refractivity contribution in [2.45, 2.75) is 57.3 Å². The Hall–Kier alpha value is -1.90. The molecule has 0 saturated heterocycles. The molecule has 1 fully saturated rings. The number of fused-ring (bicyclic) bond motifs is 1. The molecule has 0 bridgehead atoms. The lowest BCUT2D eigenvalue weighted by Crippen LogP contribution is -2.44. The van der Waals surface area contributed by atoms with E-state index >= 15 is 0 Å². The third-order valence-corrected chi connectivity index (χ3v) is 6.47. The molecule has 0 spiro atoms. The Kier molecular flexibility index (Phi) is 5.36. The van der Waals surface area contributed by atoms with Gasteiger partial charge in [0.1, 0.15) is 17.9 Å². The number of nitrogens with zero attached hydrogens (tertiary/aromatic N) is 2. The average molecular weight is 377 g/mol. The van der Waals surface area contributed by atoms with Crippen LogP contribution in [0.4, 0.5) is 5.69 Å². The molecule has 7 nitrogen and oxygen atoms in total. The summed E-state index contributed by atoms with van der Waals surface area (Å²) in [5, 5.41) is 13.7. The van der Waals surface area contributed by atoms with E-state index in [1.165, 1.54) is 6.20 Å². The Labute approximate surface area is 154 Å². The lowest BCUT2D eigenvalue weighted by atomic mass is 9.87. The number of pyridine rings is 1. The SMILES string of the molecule is C[Si](C)(C)CCOCn1ccc2c(NC3CC(N)C3)c(C(=O)O)cnc21. The minimum absolute atomic E-state index is 0.190. The molecule has 0 atom stereocenters. The molecule has 2 heterocycles. The maximum Gasteiger partial charge on any atom is 0.339 e. The van der Waals surface area contributed by atoms with E-state index in [1.807, 2.05) is 16.8 Å². The number of carbonyl (C=O) groups is 1. The van der Waals surface area contributed by atoms with Crippen LogP contribution < -0.4 is 11.1 Å². The first kappa shape index (κ1) is 18.9. The number of nitrogens with two attached hydrogens (primary N) is 1. The summed E-state index contributed by atoms with van der Waals surface area (Å²) in [4.78, 5) is 16.0. The van der Waals surface area contributed by atoms with Gasteiger partial charge in [-0.3, -0.25) is 0 Å². The molecular formula is C18H28N4O3Si. The molecule has 0 radical (unpaired) electrons. The predicted molar refractivity (Wildman–Crippen MR) is 105 cm³/mol. The molecule has 4 N–H and O–H groups in total. The lowest BCUT2D eigenvalue weighted by molar-refractivity contribution is 0.0697. The summed E-state index contributed by atoms with van der Waals surface area (Å²) < 4.78 is 7.73. The Morgan fingerprint density at radius 3 is 2.81 bits per heavy atom. The molecule has 2 aromatic heterocycles. The molecule has 1 saturated carbocycles. The number of carboxylic acid groups (broad SMARTS) is 1. The van der Waals surface area contributed by atoms with E-state index < -0.39 is 14.0 Å². The van der Waals surface area contributed by atoms with Crippen molar-refractivity contribution >= 4 is 30.8 Å². The number of anilines is 1. The summed E-state index contributed by atoms with van der Waals surface area (Å²) in [6.07, 6.45) is 5.02. The van der Waals surface area contributed by atoms with Crippen LogP contribution in [-0.4, -0.2) is 47.4 Å². The summed E-state index contributed by atoms with van der Waals surface area (Å²) in [5.74, 6) is -0.982. The fraction of sp³-hybridized carbons (Fsp3) is 0.556. The second-order valence-corrected chi connectivity index (χ2v) is 13.9. The Bertz CT molecular complexity index is 794. The number of ether oxygens (including phenoxy) is 1. The van der Waals surface area contributed by atoms with E-state index in [2.05, 4.69) is 29.9 Å². The molecule has 1 aliphatic carbocycles. The third kappa shape index (κ3) is 4.25. The number of carboxylic acids is 1. The summed E-state index contributed by atoms with van der Waals surface area (Å²) in [5.41, 5.74) is 7.40. The van der Waals surface area contributed by atoms with Gasteiger partial charge in [-0.25, -0.2) is 9.78 Å². The van der Waals surface area contributed by atoms with Gasteiger partial charge in [0.25, 0.3) is 0 Å². The van der Waals surface area contributed by atoms with Crippen molar-refractivity contribution < 1.29 is 14.6 Å². The second kappa shape index (κ2) is 7.38. The van der Waals surface area contributed by atoms with Crippen molar-refractivity contribution in [2.24, 2.45) is 5.73 Å². The van der Waals surface area contributed by atoms with Crippen molar-refractivity contribution in [1.29, 1.82) is 0 Å². The van der Waals surface area contributed by atoms with E-state index in [4.69, 9.17) is 10.5 Å². The predicted octanol–water partition coefficient (Wildman–Crippen LogP) is 2.95. The lowest BCUT2D eigenvalue weighted by Gasteiger charge is -2.34. The van der Waals surface area contributed by atoms with Crippen LogP contribution in [0.3, 0.4) is 0 Å².